The van der Waals surface area contributed by atoms with Gasteiger partial charge in [-0.15, -0.1) is 0 Å². The van der Waals surface area contributed by atoms with Gasteiger partial charge in [-0.2, -0.15) is 0 Å². The molecule has 14 heavy (non-hydrogen) atoms. The van der Waals surface area contributed by atoms with Crippen LogP contribution in [0.1, 0.15) is 46.0 Å². The Morgan fingerprint density at radius 2 is 1.57 bits per heavy atom. The van der Waals surface area contributed by atoms with Gasteiger partial charge in [-0.3, -0.25) is 0 Å². The molecule has 2 fully saturated rings. The predicted octanol–water partition coefficient (Wildman–Crippen LogP) is 2.76. The summed E-state index contributed by atoms with van der Waals surface area (Å²) in [5.74, 6) is 0. The summed E-state index contributed by atoms with van der Waals surface area (Å²) in [4.78, 5) is 0. The van der Waals surface area contributed by atoms with Gasteiger partial charge in [-0.1, -0.05) is 13.8 Å². The summed E-state index contributed by atoms with van der Waals surface area (Å²) in [6.07, 6.45) is 6.96. The van der Waals surface area contributed by atoms with Crippen LogP contribution in [0.25, 0.3) is 0 Å². The topological polar surface area (TPSA) is 18.5 Å². The van der Waals surface area contributed by atoms with E-state index in [-0.39, 0.29) is 5.41 Å². The van der Waals surface area contributed by atoms with Crippen molar-refractivity contribution >= 4 is 0 Å². The van der Waals surface area contributed by atoms with Crippen LogP contribution in [0.2, 0.25) is 0 Å². The Kier molecular flexibility index (Phi) is 3.13. The van der Waals surface area contributed by atoms with Crippen LogP contribution >= 0.6 is 0 Å². The van der Waals surface area contributed by atoms with E-state index in [2.05, 4.69) is 13.8 Å². The van der Waals surface area contributed by atoms with E-state index in [0.29, 0.717) is 12.2 Å². The summed E-state index contributed by atoms with van der Waals surface area (Å²) >= 11 is 0. The maximum Gasteiger partial charge on any atom is 0.0654 e. The fourth-order valence-corrected chi connectivity index (χ4v) is 2.86. The minimum Gasteiger partial charge on any atom is -0.378 e. The Balaban J connectivity index is 2.06. The fraction of sp³-hybridized carbons (Fsp3) is 1.00. The molecular weight excluding hydrogens is 176 g/mol. The Bertz CT molecular complexity index is 163. The largest absolute Gasteiger partial charge is 0.378 e. The summed E-state index contributed by atoms with van der Waals surface area (Å²) in [5.41, 5.74) is 0.257. The molecule has 0 aromatic carbocycles. The molecule has 2 saturated heterocycles. The van der Waals surface area contributed by atoms with Gasteiger partial charge in [0.2, 0.25) is 0 Å². The number of ether oxygens (including phenoxy) is 2. The van der Waals surface area contributed by atoms with E-state index in [4.69, 9.17) is 9.47 Å². The van der Waals surface area contributed by atoms with Gasteiger partial charge in [0.25, 0.3) is 0 Å². The van der Waals surface area contributed by atoms with Crippen molar-refractivity contribution in [2.75, 3.05) is 13.2 Å². The maximum absolute atomic E-state index is 5.84. The van der Waals surface area contributed by atoms with Crippen LogP contribution in [-0.2, 0) is 9.47 Å². The Morgan fingerprint density at radius 1 is 1.07 bits per heavy atom. The van der Waals surface area contributed by atoms with Crippen LogP contribution < -0.4 is 0 Å². The SMILES string of the molecule is CCC(C)(C1CCCO1)C1CCCO1. The zero-order valence-corrected chi connectivity index (χ0v) is 9.42. The quantitative estimate of drug-likeness (QED) is 0.694. The molecule has 2 nitrogen and oxygen atoms in total. The monoisotopic (exact) mass is 198 g/mol. The zero-order chi connectivity index (χ0) is 10.0. The number of rotatable bonds is 3. The molecule has 2 aliphatic rings. The minimum absolute atomic E-state index is 0.257. The number of hydrogen-bond acceptors (Lipinski definition) is 2. The third-order valence-corrected chi connectivity index (χ3v) is 4.09. The zero-order valence-electron chi connectivity index (χ0n) is 9.42. The van der Waals surface area contributed by atoms with Gasteiger partial charge in [0.1, 0.15) is 0 Å². The van der Waals surface area contributed by atoms with Crippen LogP contribution in [0.5, 0.6) is 0 Å². The first-order valence-corrected chi connectivity index (χ1v) is 6.00. The maximum atomic E-state index is 5.84. The van der Waals surface area contributed by atoms with Gasteiger partial charge in [0.05, 0.1) is 12.2 Å². The lowest BCUT2D eigenvalue weighted by atomic mass is 9.74. The highest BCUT2D eigenvalue weighted by atomic mass is 16.5. The first-order valence-electron chi connectivity index (χ1n) is 6.00. The van der Waals surface area contributed by atoms with Gasteiger partial charge in [0.15, 0.2) is 0 Å². The molecule has 0 amide bonds. The van der Waals surface area contributed by atoms with Crippen LogP contribution in [0.15, 0.2) is 0 Å². The van der Waals surface area contributed by atoms with Crippen molar-refractivity contribution in [2.24, 2.45) is 5.41 Å². The molecule has 0 bridgehead atoms. The molecule has 0 aromatic rings. The summed E-state index contributed by atoms with van der Waals surface area (Å²) in [5, 5.41) is 0. The van der Waals surface area contributed by atoms with Crippen LogP contribution in [0.3, 0.4) is 0 Å². The molecule has 82 valence electrons. The van der Waals surface area contributed by atoms with Gasteiger partial charge in [-0.25, -0.2) is 0 Å². The van der Waals surface area contributed by atoms with Crippen molar-refractivity contribution in [1.82, 2.24) is 0 Å². The lowest BCUT2D eigenvalue weighted by Gasteiger charge is -2.38. The van der Waals surface area contributed by atoms with Crippen molar-refractivity contribution in [3.05, 3.63) is 0 Å². The lowest BCUT2D eigenvalue weighted by molar-refractivity contribution is -0.0805. The summed E-state index contributed by atoms with van der Waals surface area (Å²) in [6.45, 7) is 6.52. The highest BCUT2D eigenvalue weighted by molar-refractivity contribution is 4.93. The van der Waals surface area contributed by atoms with Crippen molar-refractivity contribution in [1.29, 1.82) is 0 Å². The molecule has 0 aromatic heterocycles. The highest BCUT2D eigenvalue weighted by Gasteiger charge is 2.43. The van der Waals surface area contributed by atoms with Crippen LogP contribution in [0, 0.1) is 5.41 Å². The van der Waals surface area contributed by atoms with Gasteiger partial charge >= 0.3 is 0 Å². The van der Waals surface area contributed by atoms with E-state index in [1.165, 1.54) is 32.1 Å². The fourth-order valence-electron chi connectivity index (χ4n) is 2.86. The molecule has 2 unspecified atom stereocenters. The molecule has 0 N–H and O–H groups in total. The van der Waals surface area contributed by atoms with Gasteiger partial charge < -0.3 is 9.47 Å². The van der Waals surface area contributed by atoms with Crippen LogP contribution in [-0.4, -0.2) is 25.4 Å². The number of hydrogen-bond donors (Lipinski definition) is 0. The van der Waals surface area contributed by atoms with Crippen molar-refractivity contribution < 1.29 is 9.47 Å². The second kappa shape index (κ2) is 4.19. The molecule has 2 atom stereocenters. The molecule has 0 saturated carbocycles. The lowest BCUT2D eigenvalue weighted by Crippen LogP contribution is -2.41. The molecule has 2 heterocycles. The van der Waals surface area contributed by atoms with E-state index < -0.39 is 0 Å². The Hall–Kier alpha value is -0.0800. The average Bonchev–Trinajstić information content (AvgIpc) is 2.88. The summed E-state index contributed by atoms with van der Waals surface area (Å²) in [7, 11) is 0. The Morgan fingerprint density at radius 3 is 1.86 bits per heavy atom. The van der Waals surface area contributed by atoms with Gasteiger partial charge in [-0.05, 0) is 32.1 Å². The summed E-state index contributed by atoms with van der Waals surface area (Å²) < 4.78 is 11.7. The van der Waals surface area contributed by atoms with E-state index in [1.54, 1.807) is 0 Å². The molecule has 2 heteroatoms. The Labute approximate surface area is 87.0 Å². The first kappa shape index (κ1) is 10.4. The smallest absolute Gasteiger partial charge is 0.0654 e. The van der Waals surface area contributed by atoms with E-state index in [0.717, 1.165) is 13.2 Å². The highest BCUT2D eigenvalue weighted by Crippen LogP contribution is 2.42. The molecule has 0 aliphatic carbocycles. The van der Waals surface area contributed by atoms with Gasteiger partial charge in [0, 0.05) is 18.6 Å². The van der Waals surface area contributed by atoms with Crippen molar-refractivity contribution in [2.45, 2.75) is 58.2 Å². The second-order valence-electron chi connectivity index (χ2n) is 4.86. The third kappa shape index (κ3) is 1.70. The molecule has 0 radical (unpaired) electrons. The van der Waals surface area contributed by atoms with Crippen LogP contribution in [0.4, 0.5) is 0 Å². The second-order valence-corrected chi connectivity index (χ2v) is 4.86. The molecule has 0 spiro atoms. The van der Waals surface area contributed by atoms with E-state index >= 15 is 0 Å². The average molecular weight is 198 g/mol. The standard InChI is InChI=1S/C12H22O2/c1-3-12(2,10-6-4-8-13-10)11-7-5-9-14-11/h10-11H,3-9H2,1-2H3. The predicted molar refractivity (Wildman–Crippen MR) is 56.3 cm³/mol. The normalized spacial score (nSPS) is 37.3. The van der Waals surface area contributed by atoms with Crippen molar-refractivity contribution in [3.63, 3.8) is 0 Å². The molecular formula is C12H22O2. The van der Waals surface area contributed by atoms with E-state index in [1.807, 2.05) is 0 Å². The van der Waals surface area contributed by atoms with E-state index in [9.17, 15) is 0 Å². The molecule has 2 aliphatic heterocycles. The summed E-state index contributed by atoms with van der Waals surface area (Å²) in [6, 6.07) is 0. The third-order valence-electron chi connectivity index (χ3n) is 4.09. The molecule has 2 rings (SSSR count). The minimum atomic E-state index is 0.257. The van der Waals surface area contributed by atoms with Crippen molar-refractivity contribution in [3.8, 4) is 0 Å². The first-order chi connectivity index (χ1) is 6.77.